The number of hydrogen-bond donors (Lipinski definition) is 1. The molecular weight excluding hydrogens is 296 g/mol. The Morgan fingerprint density at radius 3 is 2.50 bits per heavy atom. The lowest BCUT2D eigenvalue weighted by atomic mass is 9.86. The van der Waals surface area contributed by atoms with Crippen LogP contribution in [-0.2, 0) is 12.0 Å². The van der Waals surface area contributed by atoms with Gasteiger partial charge in [0.2, 0.25) is 0 Å². The Morgan fingerprint density at radius 1 is 1.15 bits per heavy atom. The third-order valence-electron chi connectivity index (χ3n) is 3.28. The van der Waals surface area contributed by atoms with Crippen LogP contribution in [0.1, 0.15) is 23.6 Å². The molecule has 0 bridgehead atoms. The smallest absolute Gasteiger partial charge is 0.142 e. The number of aryl methyl sites for hydroxylation is 1. The van der Waals surface area contributed by atoms with Crippen LogP contribution < -0.4 is 5.73 Å². The lowest BCUT2D eigenvalue weighted by Crippen LogP contribution is -2.36. The zero-order chi connectivity index (χ0) is 14.9. The molecule has 0 spiro atoms. The molecule has 2 aromatic rings. The Balaban J connectivity index is 2.37. The van der Waals surface area contributed by atoms with Crippen molar-refractivity contribution >= 4 is 23.2 Å². The maximum atomic E-state index is 13.6. The Hall–Kier alpha value is -1.09. The molecule has 0 saturated heterocycles. The van der Waals surface area contributed by atoms with E-state index in [0.717, 1.165) is 11.1 Å². The monoisotopic (exact) mass is 311 g/mol. The number of benzene rings is 2. The Bertz CT molecular complexity index is 638. The summed E-state index contributed by atoms with van der Waals surface area (Å²) < 4.78 is 13.6. The second kappa shape index (κ2) is 5.72. The van der Waals surface area contributed by atoms with E-state index in [0.29, 0.717) is 17.0 Å². The molecule has 1 nitrogen and oxygen atoms in total. The van der Waals surface area contributed by atoms with Gasteiger partial charge in [0, 0.05) is 10.6 Å². The van der Waals surface area contributed by atoms with E-state index in [1.54, 1.807) is 0 Å². The zero-order valence-corrected chi connectivity index (χ0v) is 12.9. The van der Waals surface area contributed by atoms with E-state index in [9.17, 15) is 4.39 Å². The molecule has 1 atom stereocenters. The highest BCUT2D eigenvalue weighted by Crippen LogP contribution is 2.32. The molecule has 1 unspecified atom stereocenters. The van der Waals surface area contributed by atoms with Gasteiger partial charge in [-0.25, -0.2) is 4.39 Å². The number of rotatable bonds is 3. The lowest BCUT2D eigenvalue weighted by molar-refractivity contribution is 0.486. The van der Waals surface area contributed by atoms with Gasteiger partial charge in [0.15, 0.2) is 0 Å². The topological polar surface area (TPSA) is 26.0 Å². The van der Waals surface area contributed by atoms with Crippen molar-refractivity contribution < 1.29 is 4.39 Å². The molecule has 0 saturated carbocycles. The fraction of sp³-hybridized carbons (Fsp3) is 0.250. The molecule has 0 aliphatic heterocycles. The summed E-state index contributed by atoms with van der Waals surface area (Å²) in [6, 6.07) is 10.8. The van der Waals surface area contributed by atoms with Crippen molar-refractivity contribution in [1.29, 1.82) is 0 Å². The molecule has 2 N–H and O–H groups in total. The molecule has 106 valence electrons. The summed E-state index contributed by atoms with van der Waals surface area (Å²) >= 11 is 11.9. The van der Waals surface area contributed by atoms with Crippen molar-refractivity contribution in [1.82, 2.24) is 0 Å². The molecule has 0 heterocycles. The predicted molar refractivity (Wildman–Crippen MR) is 82.8 cm³/mol. The van der Waals surface area contributed by atoms with Gasteiger partial charge in [0.25, 0.3) is 0 Å². The fourth-order valence-corrected chi connectivity index (χ4v) is 2.90. The van der Waals surface area contributed by atoms with Crippen molar-refractivity contribution in [2.45, 2.75) is 25.8 Å². The van der Waals surface area contributed by atoms with Gasteiger partial charge in [0.05, 0.1) is 5.02 Å². The lowest BCUT2D eigenvalue weighted by Gasteiger charge is -2.27. The Kier molecular flexibility index (Phi) is 4.38. The number of halogens is 3. The summed E-state index contributed by atoms with van der Waals surface area (Å²) in [7, 11) is 0. The summed E-state index contributed by atoms with van der Waals surface area (Å²) in [4.78, 5) is 0. The molecule has 4 heteroatoms. The van der Waals surface area contributed by atoms with Gasteiger partial charge in [-0.3, -0.25) is 0 Å². The number of nitrogens with two attached hydrogens (primary N) is 1. The molecule has 0 amide bonds. The minimum absolute atomic E-state index is 0.00473. The van der Waals surface area contributed by atoms with Crippen LogP contribution in [-0.4, -0.2) is 0 Å². The minimum Gasteiger partial charge on any atom is -0.321 e. The van der Waals surface area contributed by atoms with E-state index in [4.69, 9.17) is 28.9 Å². The first-order chi connectivity index (χ1) is 9.29. The van der Waals surface area contributed by atoms with Crippen LogP contribution in [0.15, 0.2) is 36.4 Å². The van der Waals surface area contributed by atoms with Gasteiger partial charge in [-0.15, -0.1) is 0 Å². The molecular formula is C16H16Cl2FN. The van der Waals surface area contributed by atoms with Crippen molar-refractivity contribution in [3.8, 4) is 0 Å². The van der Waals surface area contributed by atoms with Crippen LogP contribution in [0.5, 0.6) is 0 Å². The van der Waals surface area contributed by atoms with Gasteiger partial charge in [-0.05, 0) is 43.5 Å². The highest BCUT2D eigenvalue weighted by molar-refractivity contribution is 6.35. The van der Waals surface area contributed by atoms with Gasteiger partial charge in [-0.2, -0.15) is 0 Å². The van der Waals surface area contributed by atoms with Gasteiger partial charge in [-0.1, -0.05) is 53.0 Å². The molecule has 0 fully saturated rings. The maximum Gasteiger partial charge on any atom is 0.142 e. The third kappa shape index (κ3) is 3.32. The quantitative estimate of drug-likeness (QED) is 0.805. The minimum atomic E-state index is -0.768. The van der Waals surface area contributed by atoms with Gasteiger partial charge >= 0.3 is 0 Å². The van der Waals surface area contributed by atoms with E-state index < -0.39 is 11.4 Å². The van der Waals surface area contributed by atoms with Crippen LogP contribution in [0.2, 0.25) is 10.0 Å². The highest BCUT2D eigenvalue weighted by Gasteiger charge is 2.26. The van der Waals surface area contributed by atoms with Crippen molar-refractivity contribution in [2.75, 3.05) is 0 Å². The Morgan fingerprint density at radius 2 is 1.85 bits per heavy atom. The molecule has 2 aromatic carbocycles. The number of hydrogen-bond acceptors (Lipinski definition) is 1. The van der Waals surface area contributed by atoms with Gasteiger partial charge in [0.1, 0.15) is 5.82 Å². The normalized spacial score (nSPS) is 14.1. The van der Waals surface area contributed by atoms with Crippen molar-refractivity contribution in [2.24, 2.45) is 5.73 Å². The molecule has 0 radical (unpaired) electrons. The van der Waals surface area contributed by atoms with E-state index in [1.807, 2.05) is 32.0 Å². The van der Waals surface area contributed by atoms with E-state index in [-0.39, 0.29) is 5.02 Å². The van der Waals surface area contributed by atoms with Crippen molar-refractivity contribution in [3.05, 3.63) is 69.0 Å². The average molecular weight is 312 g/mol. The third-order valence-corrected chi connectivity index (χ3v) is 3.88. The summed E-state index contributed by atoms with van der Waals surface area (Å²) in [6.45, 7) is 3.86. The van der Waals surface area contributed by atoms with Crippen LogP contribution >= 0.6 is 23.2 Å². The molecule has 0 aliphatic carbocycles. The molecule has 20 heavy (non-hydrogen) atoms. The van der Waals surface area contributed by atoms with E-state index in [2.05, 4.69) is 6.07 Å². The highest BCUT2D eigenvalue weighted by atomic mass is 35.5. The second-order valence-corrected chi connectivity index (χ2v) is 6.14. The first-order valence-electron chi connectivity index (χ1n) is 6.29. The SMILES string of the molecule is Cc1cccc(CC(C)(N)c2cc(F)c(Cl)cc2Cl)c1. The molecule has 0 aliphatic rings. The summed E-state index contributed by atoms with van der Waals surface area (Å²) in [5.41, 5.74) is 8.38. The largest absolute Gasteiger partial charge is 0.321 e. The summed E-state index contributed by atoms with van der Waals surface area (Å²) in [5.74, 6) is -0.507. The molecule has 0 aromatic heterocycles. The first kappa shape index (κ1) is 15.3. The van der Waals surface area contributed by atoms with Crippen LogP contribution in [0.4, 0.5) is 4.39 Å². The standard InChI is InChI=1S/C16H16Cl2FN/c1-10-4-3-5-11(6-10)9-16(2,20)12-7-15(19)14(18)8-13(12)17/h3-8H,9,20H2,1-2H3. The Labute approximate surface area is 128 Å². The summed E-state index contributed by atoms with van der Waals surface area (Å²) in [5, 5.41) is 0.388. The van der Waals surface area contributed by atoms with E-state index in [1.165, 1.54) is 12.1 Å². The van der Waals surface area contributed by atoms with Crippen LogP contribution in [0.25, 0.3) is 0 Å². The fourth-order valence-electron chi connectivity index (χ4n) is 2.30. The van der Waals surface area contributed by atoms with Crippen molar-refractivity contribution in [3.63, 3.8) is 0 Å². The van der Waals surface area contributed by atoms with Crippen LogP contribution in [0.3, 0.4) is 0 Å². The average Bonchev–Trinajstić information content (AvgIpc) is 2.33. The van der Waals surface area contributed by atoms with Crippen LogP contribution in [0, 0.1) is 12.7 Å². The summed E-state index contributed by atoms with van der Waals surface area (Å²) in [6.07, 6.45) is 0.565. The first-order valence-corrected chi connectivity index (χ1v) is 7.04. The van der Waals surface area contributed by atoms with Gasteiger partial charge < -0.3 is 5.73 Å². The maximum absolute atomic E-state index is 13.6. The predicted octanol–water partition coefficient (Wildman–Crippen LogP) is 4.86. The second-order valence-electron chi connectivity index (χ2n) is 5.33. The molecule has 2 rings (SSSR count). The zero-order valence-electron chi connectivity index (χ0n) is 11.4. The van der Waals surface area contributed by atoms with E-state index >= 15 is 0 Å².